The van der Waals surface area contributed by atoms with Crippen molar-refractivity contribution in [1.29, 1.82) is 10.5 Å². The molecular weight excluding hydrogens is 288 g/mol. The van der Waals surface area contributed by atoms with Gasteiger partial charge in [0.25, 0.3) is 0 Å². The maximum Gasteiger partial charge on any atom is 0.306 e. The fraction of sp³-hybridized carbons (Fsp3) is 0.526. The number of carbonyl (C=O) groups is 1. The lowest BCUT2D eigenvalue weighted by Crippen LogP contribution is -2.37. The van der Waals surface area contributed by atoms with Gasteiger partial charge in [-0.1, -0.05) is 49.6 Å². The van der Waals surface area contributed by atoms with Gasteiger partial charge in [0.05, 0.1) is 25.7 Å². The van der Waals surface area contributed by atoms with Crippen molar-refractivity contribution in [1.82, 2.24) is 0 Å². The molecule has 4 heteroatoms. The van der Waals surface area contributed by atoms with Gasteiger partial charge in [0, 0.05) is 5.92 Å². The van der Waals surface area contributed by atoms with Crippen molar-refractivity contribution in [3.8, 4) is 12.1 Å². The van der Waals surface area contributed by atoms with Crippen molar-refractivity contribution < 1.29 is 9.53 Å². The lowest BCUT2D eigenvalue weighted by molar-refractivity contribution is -0.144. The van der Waals surface area contributed by atoms with Crippen LogP contribution >= 0.6 is 0 Å². The Balaban J connectivity index is 2.50. The zero-order valence-electron chi connectivity index (χ0n) is 13.5. The first-order chi connectivity index (χ1) is 11.2. The molecule has 1 fully saturated rings. The summed E-state index contributed by atoms with van der Waals surface area (Å²) in [6, 6.07) is 14.0. The lowest BCUT2D eigenvalue weighted by Gasteiger charge is -2.44. The maximum atomic E-state index is 12.0. The number of nitrogens with zero attached hydrogens (tertiary/aromatic N) is 2. The smallest absolute Gasteiger partial charge is 0.306 e. The number of hydrogen-bond acceptors (Lipinski definition) is 4. The van der Waals surface area contributed by atoms with Crippen molar-refractivity contribution in [2.24, 2.45) is 11.3 Å². The van der Waals surface area contributed by atoms with E-state index < -0.39 is 5.92 Å². The van der Waals surface area contributed by atoms with Crippen LogP contribution in [0.15, 0.2) is 30.3 Å². The van der Waals surface area contributed by atoms with E-state index in [4.69, 9.17) is 4.74 Å². The molecule has 120 valence electrons. The van der Waals surface area contributed by atoms with Crippen LogP contribution in [0.4, 0.5) is 0 Å². The molecule has 23 heavy (non-hydrogen) atoms. The summed E-state index contributed by atoms with van der Waals surface area (Å²) >= 11 is 0. The summed E-state index contributed by atoms with van der Waals surface area (Å²) < 4.78 is 4.91. The van der Waals surface area contributed by atoms with Crippen LogP contribution in [-0.2, 0) is 9.53 Å². The zero-order valence-corrected chi connectivity index (χ0v) is 13.5. The molecule has 1 aromatic carbocycles. The number of nitriles is 2. The van der Waals surface area contributed by atoms with Gasteiger partial charge in [-0.25, -0.2) is 0 Å². The van der Waals surface area contributed by atoms with E-state index in [1.165, 1.54) is 7.11 Å². The number of methoxy groups -OCH3 is 1. The highest BCUT2D eigenvalue weighted by atomic mass is 16.5. The molecule has 1 aromatic rings. The van der Waals surface area contributed by atoms with Crippen LogP contribution in [0.3, 0.4) is 0 Å². The Morgan fingerprint density at radius 1 is 1.17 bits per heavy atom. The van der Waals surface area contributed by atoms with Crippen LogP contribution in [0.5, 0.6) is 0 Å². The topological polar surface area (TPSA) is 73.9 Å². The standard InChI is InChI=1S/C19H22N2O2/c1-23-17(22)12-19(10-6-3-7-11-19)18(16(13-20)14-21)15-8-4-2-5-9-15/h2,4-5,8-9,16,18H,3,6-7,10-12H2,1H3. The summed E-state index contributed by atoms with van der Waals surface area (Å²) in [5.41, 5.74) is 0.592. The highest BCUT2D eigenvalue weighted by molar-refractivity contribution is 5.70. The molecule has 0 aliphatic heterocycles. The third-order valence-corrected chi connectivity index (χ3v) is 5.00. The molecule has 1 saturated carbocycles. The first kappa shape index (κ1) is 17.0. The van der Waals surface area contributed by atoms with Gasteiger partial charge in [0.15, 0.2) is 0 Å². The van der Waals surface area contributed by atoms with Gasteiger partial charge >= 0.3 is 5.97 Å². The summed E-state index contributed by atoms with van der Waals surface area (Å²) in [6.07, 6.45) is 5.13. The summed E-state index contributed by atoms with van der Waals surface area (Å²) in [5, 5.41) is 19.0. The predicted octanol–water partition coefficient (Wildman–Crippen LogP) is 3.95. The highest BCUT2D eigenvalue weighted by Crippen LogP contribution is 2.53. The molecule has 0 amide bonds. The number of ether oxygens (including phenoxy) is 1. The maximum absolute atomic E-state index is 12.0. The van der Waals surface area contributed by atoms with Crippen molar-refractivity contribution in [3.05, 3.63) is 35.9 Å². The van der Waals surface area contributed by atoms with Crippen LogP contribution in [0.2, 0.25) is 0 Å². The molecule has 0 N–H and O–H groups in total. The van der Waals surface area contributed by atoms with Crippen molar-refractivity contribution >= 4 is 5.97 Å². The Labute approximate surface area is 137 Å². The fourth-order valence-corrected chi connectivity index (χ4v) is 3.95. The molecule has 1 atom stereocenters. The van der Waals surface area contributed by atoms with E-state index in [0.29, 0.717) is 0 Å². The molecule has 0 bridgehead atoms. The Kier molecular flexibility index (Phi) is 5.77. The van der Waals surface area contributed by atoms with Gasteiger partial charge in [-0.3, -0.25) is 4.79 Å². The van der Waals surface area contributed by atoms with E-state index >= 15 is 0 Å². The SMILES string of the molecule is COC(=O)CC1(C(c2ccccc2)C(C#N)C#N)CCCCC1. The minimum Gasteiger partial charge on any atom is -0.469 e. The largest absolute Gasteiger partial charge is 0.469 e. The Hall–Kier alpha value is -2.33. The van der Waals surface area contributed by atoms with Crippen molar-refractivity contribution in [3.63, 3.8) is 0 Å². The van der Waals surface area contributed by atoms with Gasteiger partial charge in [0.1, 0.15) is 5.92 Å². The minimum atomic E-state index is -0.764. The second-order valence-electron chi connectivity index (χ2n) is 6.30. The predicted molar refractivity (Wildman–Crippen MR) is 86.1 cm³/mol. The normalized spacial score (nSPS) is 17.7. The third-order valence-electron chi connectivity index (χ3n) is 5.00. The molecule has 4 nitrogen and oxygen atoms in total. The van der Waals surface area contributed by atoms with E-state index in [2.05, 4.69) is 12.1 Å². The van der Waals surface area contributed by atoms with Crippen LogP contribution in [0.1, 0.15) is 50.0 Å². The second kappa shape index (κ2) is 7.79. The third kappa shape index (κ3) is 3.71. The quantitative estimate of drug-likeness (QED) is 0.772. The van der Waals surface area contributed by atoms with Crippen molar-refractivity contribution in [2.75, 3.05) is 7.11 Å². The molecule has 0 spiro atoms. The highest BCUT2D eigenvalue weighted by Gasteiger charge is 2.46. The summed E-state index contributed by atoms with van der Waals surface area (Å²) in [6.45, 7) is 0. The van der Waals surface area contributed by atoms with Crippen LogP contribution in [0.25, 0.3) is 0 Å². The number of benzene rings is 1. The molecular formula is C19H22N2O2. The summed E-state index contributed by atoms with van der Waals surface area (Å²) in [5.74, 6) is -1.29. The van der Waals surface area contributed by atoms with Crippen LogP contribution in [-0.4, -0.2) is 13.1 Å². The van der Waals surface area contributed by atoms with Crippen molar-refractivity contribution in [2.45, 2.75) is 44.4 Å². The van der Waals surface area contributed by atoms with Gasteiger partial charge in [-0.2, -0.15) is 10.5 Å². The molecule has 0 radical (unpaired) electrons. The van der Waals surface area contributed by atoms with Crippen LogP contribution < -0.4 is 0 Å². The molecule has 0 saturated heterocycles. The molecule has 2 rings (SSSR count). The van der Waals surface area contributed by atoms with Gasteiger partial charge in [-0.15, -0.1) is 0 Å². The first-order valence-corrected chi connectivity index (χ1v) is 8.08. The fourth-order valence-electron chi connectivity index (χ4n) is 3.95. The average molecular weight is 310 g/mol. The number of esters is 1. The van der Waals surface area contributed by atoms with Gasteiger partial charge in [-0.05, 0) is 23.8 Å². The molecule has 1 aliphatic rings. The Morgan fingerprint density at radius 3 is 2.30 bits per heavy atom. The molecule has 1 aliphatic carbocycles. The first-order valence-electron chi connectivity index (χ1n) is 8.08. The average Bonchev–Trinajstić information content (AvgIpc) is 2.60. The summed E-state index contributed by atoms with van der Waals surface area (Å²) in [4.78, 5) is 12.0. The van der Waals surface area contributed by atoms with E-state index in [1.54, 1.807) is 0 Å². The Morgan fingerprint density at radius 2 is 1.78 bits per heavy atom. The van der Waals surface area contributed by atoms with Gasteiger partial charge < -0.3 is 4.74 Å². The molecule has 1 unspecified atom stereocenters. The minimum absolute atomic E-state index is 0.262. The lowest BCUT2D eigenvalue weighted by atomic mass is 9.59. The number of rotatable bonds is 5. The number of hydrogen-bond donors (Lipinski definition) is 0. The van der Waals surface area contributed by atoms with Crippen LogP contribution in [0, 0.1) is 34.0 Å². The van der Waals surface area contributed by atoms with E-state index in [-0.39, 0.29) is 23.7 Å². The monoisotopic (exact) mass is 310 g/mol. The van der Waals surface area contributed by atoms with E-state index in [9.17, 15) is 15.3 Å². The summed E-state index contributed by atoms with van der Waals surface area (Å²) in [7, 11) is 1.39. The molecule has 0 aromatic heterocycles. The Bertz CT molecular complexity index is 592. The van der Waals surface area contributed by atoms with E-state index in [0.717, 1.165) is 37.7 Å². The second-order valence-corrected chi connectivity index (χ2v) is 6.30. The van der Waals surface area contributed by atoms with Gasteiger partial charge in [0.2, 0.25) is 0 Å². The zero-order chi connectivity index (χ0) is 16.7. The molecule has 0 heterocycles. The van der Waals surface area contributed by atoms with E-state index in [1.807, 2.05) is 30.3 Å². The number of carbonyl (C=O) groups excluding carboxylic acids is 1.